The normalized spacial score (nSPS) is 10.6. The van der Waals surface area contributed by atoms with Gasteiger partial charge in [-0.25, -0.2) is 4.98 Å². The Morgan fingerprint density at radius 3 is 1.44 bits per heavy atom. The van der Waals surface area contributed by atoms with E-state index < -0.39 is 0 Å². The van der Waals surface area contributed by atoms with Crippen LogP contribution >= 0.6 is 0 Å². The number of anilines is 2. The summed E-state index contributed by atoms with van der Waals surface area (Å²) in [5.74, 6) is 0.689. The molecule has 0 fully saturated rings. The molecule has 36 heavy (non-hydrogen) atoms. The van der Waals surface area contributed by atoms with Gasteiger partial charge in [-0.3, -0.25) is 9.59 Å². The van der Waals surface area contributed by atoms with Crippen molar-refractivity contribution in [1.82, 2.24) is 4.98 Å². The van der Waals surface area contributed by atoms with Crippen LogP contribution in [-0.4, -0.2) is 43.1 Å². The number of benzene rings is 2. The van der Waals surface area contributed by atoms with Crippen LogP contribution in [0.25, 0.3) is 0 Å². The number of ether oxygens (including phenoxy) is 2. The smallest absolute Gasteiger partial charge is 0.276 e. The Balaban J connectivity index is 1.91. The van der Waals surface area contributed by atoms with Gasteiger partial charge in [-0.1, -0.05) is 44.2 Å². The fourth-order valence-electron chi connectivity index (χ4n) is 3.82. The summed E-state index contributed by atoms with van der Waals surface area (Å²) in [4.78, 5) is 34.8. The number of rotatable bonds is 12. The zero-order valence-electron chi connectivity index (χ0n) is 21.6. The molecule has 0 atom stereocenters. The van der Waals surface area contributed by atoms with Crippen molar-refractivity contribution in [3.63, 3.8) is 0 Å². The molecule has 0 saturated heterocycles. The van der Waals surface area contributed by atoms with Crippen LogP contribution < -0.4 is 19.3 Å². The summed E-state index contributed by atoms with van der Waals surface area (Å²) in [6.45, 7) is 9.83. The lowest BCUT2D eigenvalue weighted by Gasteiger charge is -2.25. The molecule has 1 heterocycles. The summed E-state index contributed by atoms with van der Waals surface area (Å²) in [6.07, 6.45) is 1.72. The second-order valence-electron chi connectivity index (χ2n) is 8.14. The molecule has 2 amide bonds. The van der Waals surface area contributed by atoms with Gasteiger partial charge in [0.1, 0.15) is 22.9 Å². The Morgan fingerprint density at radius 2 is 1.06 bits per heavy atom. The molecule has 0 N–H and O–H groups in total. The highest BCUT2D eigenvalue weighted by molar-refractivity contribution is 6.08. The van der Waals surface area contributed by atoms with Crippen LogP contribution in [0.5, 0.6) is 11.5 Å². The average molecular weight is 490 g/mol. The molecular weight excluding hydrogens is 454 g/mol. The van der Waals surface area contributed by atoms with Crippen LogP contribution in [0.4, 0.5) is 11.4 Å². The summed E-state index contributed by atoms with van der Waals surface area (Å²) in [5, 5.41) is 0. The largest absolute Gasteiger partial charge is 0.491 e. The minimum Gasteiger partial charge on any atom is -0.491 e. The number of hydrogen-bond donors (Lipinski definition) is 0. The first kappa shape index (κ1) is 26.7. The Morgan fingerprint density at radius 1 is 0.639 bits per heavy atom. The van der Waals surface area contributed by atoms with Crippen molar-refractivity contribution in [2.75, 3.05) is 36.1 Å². The first-order valence-electron chi connectivity index (χ1n) is 12.6. The third-order valence-electron chi connectivity index (χ3n) is 5.55. The molecule has 0 bridgehead atoms. The molecule has 3 aromatic rings. The predicted molar refractivity (Wildman–Crippen MR) is 143 cm³/mol. The lowest BCUT2D eigenvalue weighted by molar-refractivity contribution is 0.0978. The maximum atomic E-state index is 13.5. The molecule has 1 aromatic heterocycles. The maximum absolute atomic E-state index is 13.5. The number of amides is 2. The zero-order chi connectivity index (χ0) is 25.9. The van der Waals surface area contributed by atoms with Crippen LogP contribution in [0.2, 0.25) is 0 Å². The first-order chi connectivity index (χ1) is 17.5. The number of aromatic nitrogens is 1. The van der Waals surface area contributed by atoms with Gasteiger partial charge in [-0.15, -0.1) is 0 Å². The van der Waals surface area contributed by atoms with E-state index in [1.54, 1.807) is 28.0 Å². The standard InChI is InChI=1S/C29H35N3O4/c1-5-20-35-26-18-11-9-16-24(26)31(7-3)28(33)22-14-13-15-23(30-22)29(34)32(8-4)25-17-10-12-19-27(25)36-21-6-2/h9-19H,5-8,20-21H2,1-4H3. The van der Waals surface area contributed by atoms with E-state index in [0.29, 0.717) is 49.2 Å². The Labute approximate surface area is 213 Å². The van der Waals surface area contributed by atoms with Crippen molar-refractivity contribution in [2.45, 2.75) is 40.5 Å². The maximum Gasteiger partial charge on any atom is 0.276 e. The predicted octanol–water partition coefficient (Wildman–Crippen LogP) is 5.99. The molecule has 3 rings (SSSR count). The number of hydrogen-bond acceptors (Lipinski definition) is 5. The quantitative estimate of drug-likeness (QED) is 0.312. The molecule has 7 nitrogen and oxygen atoms in total. The number of pyridine rings is 1. The van der Waals surface area contributed by atoms with Gasteiger partial charge in [-0.2, -0.15) is 0 Å². The second-order valence-corrected chi connectivity index (χ2v) is 8.14. The SMILES string of the molecule is CCCOc1ccccc1N(CC)C(=O)c1cccc(C(=O)N(CC)c2ccccc2OCCC)n1. The topological polar surface area (TPSA) is 72.0 Å². The van der Waals surface area contributed by atoms with Crippen molar-refractivity contribution in [1.29, 1.82) is 0 Å². The van der Waals surface area contributed by atoms with E-state index in [2.05, 4.69) is 4.98 Å². The molecule has 0 radical (unpaired) electrons. The molecule has 7 heteroatoms. The van der Waals surface area contributed by atoms with E-state index in [1.807, 2.05) is 76.2 Å². The van der Waals surface area contributed by atoms with Crippen LogP contribution in [0, 0.1) is 0 Å². The lowest BCUT2D eigenvalue weighted by Crippen LogP contribution is -2.34. The second kappa shape index (κ2) is 13.3. The minimum absolute atomic E-state index is 0.194. The van der Waals surface area contributed by atoms with Crippen LogP contribution in [0.3, 0.4) is 0 Å². The van der Waals surface area contributed by atoms with Gasteiger partial charge in [0.2, 0.25) is 0 Å². The highest BCUT2D eigenvalue weighted by atomic mass is 16.5. The third-order valence-corrected chi connectivity index (χ3v) is 5.55. The Bertz CT molecular complexity index is 1080. The number of carbonyl (C=O) groups is 2. The molecule has 190 valence electrons. The number of nitrogens with zero attached hydrogens (tertiary/aromatic N) is 3. The zero-order valence-corrected chi connectivity index (χ0v) is 21.6. The van der Waals surface area contributed by atoms with E-state index in [0.717, 1.165) is 12.8 Å². The van der Waals surface area contributed by atoms with Gasteiger partial charge >= 0.3 is 0 Å². The summed E-state index contributed by atoms with van der Waals surface area (Å²) in [7, 11) is 0. The summed E-state index contributed by atoms with van der Waals surface area (Å²) in [5.41, 5.74) is 1.74. The monoisotopic (exact) mass is 489 g/mol. The lowest BCUT2D eigenvalue weighted by atomic mass is 10.2. The minimum atomic E-state index is -0.297. The van der Waals surface area contributed by atoms with E-state index in [9.17, 15) is 9.59 Å². The molecule has 0 aliphatic rings. The van der Waals surface area contributed by atoms with Gasteiger partial charge in [0.05, 0.1) is 24.6 Å². The molecule has 0 unspecified atom stereocenters. The van der Waals surface area contributed by atoms with Gasteiger partial charge in [0, 0.05) is 13.1 Å². The fourth-order valence-corrected chi connectivity index (χ4v) is 3.82. The van der Waals surface area contributed by atoms with E-state index >= 15 is 0 Å². The van der Waals surface area contributed by atoms with Crippen molar-refractivity contribution in [2.24, 2.45) is 0 Å². The van der Waals surface area contributed by atoms with Gasteiger partial charge in [0.25, 0.3) is 11.8 Å². The van der Waals surface area contributed by atoms with E-state index in [-0.39, 0.29) is 23.2 Å². The van der Waals surface area contributed by atoms with E-state index in [1.165, 1.54) is 0 Å². The summed E-state index contributed by atoms with van der Waals surface area (Å²) in [6, 6.07) is 19.9. The van der Waals surface area contributed by atoms with Gasteiger partial charge < -0.3 is 19.3 Å². The molecular formula is C29H35N3O4. The van der Waals surface area contributed by atoms with Crippen LogP contribution in [0.15, 0.2) is 66.7 Å². The van der Waals surface area contributed by atoms with Crippen molar-refractivity contribution in [3.05, 3.63) is 78.1 Å². The molecule has 2 aromatic carbocycles. The van der Waals surface area contributed by atoms with Crippen molar-refractivity contribution < 1.29 is 19.1 Å². The molecule has 0 spiro atoms. The third kappa shape index (κ3) is 6.22. The highest BCUT2D eigenvalue weighted by Crippen LogP contribution is 2.30. The number of carbonyl (C=O) groups excluding carboxylic acids is 2. The van der Waals surface area contributed by atoms with Gasteiger partial charge in [-0.05, 0) is 63.1 Å². The van der Waals surface area contributed by atoms with Gasteiger partial charge in [0.15, 0.2) is 0 Å². The fraction of sp³-hybridized carbons (Fsp3) is 0.345. The summed E-state index contributed by atoms with van der Waals surface area (Å²) < 4.78 is 11.7. The van der Waals surface area contributed by atoms with Crippen molar-refractivity contribution >= 4 is 23.2 Å². The average Bonchev–Trinajstić information content (AvgIpc) is 2.92. The number of para-hydroxylation sites is 4. The first-order valence-corrected chi connectivity index (χ1v) is 12.6. The van der Waals surface area contributed by atoms with Crippen LogP contribution in [-0.2, 0) is 0 Å². The Hall–Kier alpha value is -3.87. The Kier molecular flexibility index (Phi) is 9.86. The van der Waals surface area contributed by atoms with Crippen molar-refractivity contribution in [3.8, 4) is 11.5 Å². The molecule has 0 saturated carbocycles. The molecule has 0 aliphatic carbocycles. The van der Waals surface area contributed by atoms with Crippen LogP contribution in [0.1, 0.15) is 61.5 Å². The van der Waals surface area contributed by atoms with E-state index in [4.69, 9.17) is 9.47 Å². The molecule has 0 aliphatic heterocycles. The summed E-state index contributed by atoms with van der Waals surface area (Å²) >= 11 is 0. The highest BCUT2D eigenvalue weighted by Gasteiger charge is 2.24.